The fourth-order valence-electron chi connectivity index (χ4n) is 1.57. The summed E-state index contributed by atoms with van der Waals surface area (Å²) in [6.07, 6.45) is 3.90. The predicted molar refractivity (Wildman–Crippen MR) is 61.1 cm³/mol. The van der Waals surface area contributed by atoms with E-state index in [-0.39, 0.29) is 0 Å². The Balaban J connectivity index is 2.29. The third-order valence-electron chi connectivity index (χ3n) is 2.29. The Morgan fingerprint density at radius 1 is 1.40 bits per heavy atom. The molecule has 3 nitrogen and oxygen atoms in total. The fraction of sp³-hybridized carbons (Fsp3) is 0.250. The van der Waals surface area contributed by atoms with Gasteiger partial charge in [-0.25, -0.2) is 4.98 Å². The van der Waals surface area contributed by atoms with Crippen LogP contribution in [-0.4, -0.2) is 16.6 Å². The number of nitrogens with one attached hydrogen (secondary N) is 1. The molecule has 15 heavy (non-hydrogen) atoms. The van der Waals surface area contributed by atoms with Crippen molar-refractivity contribution in [2.24, 2.45) is 0 Å². The third-order valence-corrected chi connectivity index (χ3v) is 2.29. The Labute approximate surface area is 89.8 Å². The first-order chi connectivity index (χ1) is 7.29. The summed E-state index contributed by atoms with van der Waals surface area (Å²) in [5, 5.41) is 3.08. The molecule has 3 heteroatoms. The Hall–Kier alpha value is -1.61. The van der Waals surface area contributed by atoms with Crippen LogP contribution in [0.15, 0.2) is 36.8 Å². The topological polar surface area (TPSA) is 29.9 Å². The Morgan fingerprint density at radius 3 is 3.00 bits per heavy atom. The minimum Gasteiger partial charge on any atom is -0.314 e. The van der Waals surface area contributed by atoms with Gasteiger partial charge in [-0.05, 0) is 31.7 Å². The molecule has 0 fully saturated rings. The molecule has 0 saturated heterocycles. The van der Waals surface area contributed by atoms with E-state index in [2.05, 4.69) is 41.5 Å². The normalized spacial score (nSPS) is 10.5. The van der Waals surface area contributed by atoms with Gasteiger partial charge in [0.1, 0.15) is 0 Å². The zero-order chi connectivity index (χ0) is 10.7. The summed E-state index contributed by atoms with van der Waals surface area (Å²) in [5.74, 6) is 0. The molecule has 0 aliphatic carbocycles. The summed E-state index contributed by atoms with van der Waals surface area (Å²) in [5.41, 5.74) is 3.47. The molecule has 2 rings (SSSR count). The molecule has 1 heterocycles. The zero-order valence-corrected chi connectivity index (χ0v) is 9.07. The largest absolute Gasteiger partial charge is 0.314 e. The summed E-state index contributed by atoms with van der Waals surface area (Å²) in [6.45, 7) is 2.90. The molecule has 0 unspecified atom stereocenters. The number of hydrogen-bond donors (Lipinski definition) is 1. The van der Waals surface area contributed by atoms with Crippen LogP contribution in [0, 0.1) is 6.92 Å². The number of imidazole rings is 1. The summed E-state index contributed by atoms with van der Waals surface area (Å²) in [6, 6.07) is 8.38. The molecular weight excluding hydrogens is 186 g/mol. The van der Waals surface area contributed by atoms with Crippen molar-refractivity contribution in [3.8, 4) is 5.69 Å². The minimum atomic E-state index is 0.804. The van der Waals surface area contributed by atoms with Gasteiger partial charge in [-0.3, -0.25) is 0 Å². The average Bonchev–Trinajstić information content (AvgIpc) is 2.67. The van der Waals surface area contributed by atoms with Crippen molar-refractivity contribution >= 4 is 0 Å². The number of nitrogens with zero attached hydrogens (tertiary/aromatic N) is 2. The van der Waals surface area contributed by atoms with Gasteiger partial charge in [-0.2, -0.15) is 0 Å². The Morgan fingerprint density at radius 2 is 2.27 bits per heavy atom. The van der Waals surface area contributed by atoms with Crippen molar-refractivity contribution in [1.82, 2.24) is 14.9 Å². The van der Waals surface area contributed by atoms with Crippen molar-refractivity contribution in [3.63, 3.8) is 0 Å². The average molecular weight is 201 g/mol. The molecule has 0 saturated carbocycles. The quantitative estimate of drug-likeness (QED) is 0.822. The minimum absolute atomic E-state index is 0.804. The third kappa shape index (κ3) is 2.25. The highest BCUT2D eigenvalue weighted by Gasteiger charge is 1.99. The van der Waals surface area contributed by atoms with Crippen LogP contribution in [0.2, 0.25) is 0 Å². The van der Waals surface area contributed by atoms with Gasteiger partial charge in [0.25, 0.3) is 0 Å². The van der Waals surface area contributed by atoms with Crippen LogP contribution in [0.1, 0.15) is 11.3 Å². The lowest BCUT2D eigenvalue weighted by atomic mass is 10.2. The molecule has 2 aromatic rings. The molecule has 0 bridgehead atoms. The lowest BCUT2D eigenvalue weighted by Crippen LogP contribution is -2.04. The first-order valence-electron chi connectivity index (χ1n) is 5.04. The molecule has 1 N–H and O–H groups in total. The van der Waals surface area contributed by atoms with Crippen LogP contribution in [0.3, 0.4) is 0 Å². The van der Waals surface area contributed by atoms with E-state index < -0.39 is 0 Å². The number of aromatic nitrogens is 2. The smallest absolute Gasteiger partial charge is 0.0995 e. The maximum absolute atomic E-state index is 4.31. The van der Waals surface area contributed by atoms with Gasteiger partial charge in [0.15, 0.2) is 0 Å². The second kappa shape index (κ2) is 4.28. The van der Waals surface area contributed by atoms with Gasteiger partial charge in [0, 0.05) is 18.4 Å². The molecule has 0 aliphatic heterocycles. The van der Waals surface area contributed by atoms with E-state index in [1.807, 2.05) is 24.1 Å². The molecular formula is C12H15N3. The Bertz CT molecular complexity index is 446. The highest BCUT2D eigenvalue weighted by Crippen LogP contribution is 2.10. The van der Waals surface area contributed by atoms with E-state index in [4.69, 9.17) is 0 Å². The van der Waals surface area contributed by atoms with E-state index in [0.717, 1.165) is 17.9 Å². The van der Waals surface area contributed by atoms with E-state index in [1.54, 1.807) is 0 Å². The second-order valence-electron chi connectivity index (χ2n) is 3.64. The molecule has 1 aromatic heterocycles. The van der Waals surface area contributed by atoms with Crippen molar-refractivity contribution < 1.29 is 0 Å². The van der Waals surface area contributed by atoms with Gasteiger partial charge in [-0.1, -0.05) is 12.1 Å². The van der Waals surface area contributed by atoms with E-state index in [0.29, 0.717) is 0 Å². The molecule has 0 aliphatic rings. The molecule has 78 valence electrons. The SMILES string of the molecule is CNCc1cn(-c2cccc(C)c2)cn1. The summed E-state index contributed by atoms with van der Waals surface area (Å²) < 4.78 is 2.04. The predicted octanol–water partition coefficient (Wildman–Crippen LogP) is 1.90. The van der Waals surface area contributed by atoms with Crippen molar-refractivity contribution in [1.29, 1.82) is 0 Å². The summed E-state index contributed by atoms with van der Waals surface area (Å²) >= 11 is 0. The second-order valence-corrected chi connectivity index (χ2v) is 3.64. The standard InChI is InChI=1S/C12H15N3/c1-10-4-3-5-12(6-10)15-8-11(7-13-2)14-9-15/h3-6,8-9,13H,7H2,1-2H3. The monoisotopic (exact) mass is 201 g/mol. The van der Waals surface area contributed by atoms with Crippen LogP contribution in [-0.2, 0) is 6.54 Å². The van der Waals surface area contributed by atoms with E-state index >= 15 is 0 Å². The lowest BCUT2D eigenvalue weighted by Gasteiger charge is -2.02. The van der Waals surface area contributed by atoms with Crippen LogP contribution >= 0.6 is 0 Å². The maximum atomic E-state index is 4.31. The van der Waals surface area contributed by atoms with Crippen LogP contribution in [0.4, 0.5) is 0 Å². The summed E-state index contributed by atoms with van der Waals surface area (Å²) in [4.78, 5) is 4.31. The van der Waals surface area contributed by atoms with Crippen molar-refractivity contribution in [3.05, 3.63) is 48.0 Å². The zero-order valence-electron chi connectivity index (χ0n) is 9.07. The molecule has 1 aromatic carbocycles. The van der Waals surface area contributed by atoms with Gasteiger partial charge in [-0.15, -0.1) is 0 Å². The maximum Gasteiger partial charge on any atom is 0.0995 e. The summed E-state index contributed by atoms with van der Waals surface area (Å²) in [7, 11) is 1.92. The van der Waals surface area contributed by atoms with Gasteiger partial charge < -0.3 is 9.88 Å². The van der Waals surface area contributed by atoms with Gasteiger partial charge in [0.2, 0.25) is 0 Å². The van der Waals surface area contributed by atoms with E-state index in [1.165, 1.54) is 5.56 Å². The van der Waals surface area contributed by atoms with Crippen LogP contribution in [0.25, 0.3) is 5.69 Å². The van der Waals surface area contributed by atoms with Crippen molar-refractivity contribution in [2.45, 2.75) is 13.5 Å². The molecule has 0 spiro atoms. The molecule has 0 atom stereocenters. The van der Waals surface area contributed by atoms with Crippen LogP contribution < -0.4 is 5.32 Å². The lowest BCUT2D eigenvalue weighted by molar-refractivity contribution is 0.796. The first kappa shape index (κ1) is 9.93. The first-order valence-corrected chi connectivity index (χ1v) is 5.04. The number of rotatable bonds is 3. The van der Waals surface area contributed by atoms with Gasteiger partial charge in [0.05, 0.1) is 12.0 Å². The van der Waals surface area contributed by atoms with E-state index in [9.17, 15) is 0 Å². The fourth-order valence-corrected chi connectivity index (χ4v) is 1.57. The number of hydrogen-bond acceptors (Lipinski definition) is 2. The molecule has 0 radical (unpaired) electrons. The number of benzene rings is 1. The van der Waals surface area contributed by atoms with Gasteiger partial charge >= 0.3 is 0 Å². The molecule has 0 amide bonds. The Kier molecular flexibility index (Phi) is 2.83. The van der Waals surface area contributed by atoms with Crippen molar-refractivity contribution in [2.75, 3.05) is 7.05 Å². The van der Waals surface area contributed by atoms with Crippen LogP contribution in [0.5, 0.6) is 0 Å². The number of aryl methyl sites for hydroxylation is 1. The highest BCUT2D eigenvalue weighted by atomic mass is 15.0. The highest BCUT2D eigenvalue weighted by molar-refractivity contribution is 5.35.